The lowest BCUT2D eigenvalue weighted by Crippen LogP contribution is -2.18. The summed E-state index contributed by atoms with van der Waals surface area (Å²) < 4.78 is 41.3. The number of hydrogen-bond acceptors (Lipinski definition) is 7. The molecule has 3 aromatic carbocycles. The van der Waals surface area contributed by atoms with Crippen LogP contribution < -0.4 is 19.1 Å². The lowest BCUT2D eigenvalue weighted by molar-refractivity contribution is 0.0954. The second kappa shape index (κ2) is 11.5. The summed E-state index contributed by atoms with van der Waals surface area (Å²) in [5, 5.41) is 4.34. The topological polar surface area (TPSA) is 103 Å². The lowest BCUT2D eigenvalue weighted by Gasteiger charge is -2.11. The van der Waals surface area contributed by atoms with Crippen LogP contribution in [0.1, 0.15) is 29.3 Å². The Balaban J connectivity index is 1.72. The first-order chi connectivity index (χ1) is 16.3. The molecule has 1 N–H and O–H groups in total. The minimum Gasteiger partial charge on any atom is -0.493 e. The number of hydrogen-bond donors (Lipinski definition) is 1. The highest BCUT2D eigenvalue weighted by molar-refractivity contribution is 7.87. The molecule has 0 aliphatic rings. The van der Waals surface area contributed by atoms with Crippen molar-refractivity contribution in [1.29, 1.82) is 0 Å². The zero-order chi connectivity index (χ0) is 24.6. The standard InChI is InChI=1S/C24H23ClN2O6S/c1-3-14-32-22-13-8-17(15-23(22)31-2)24(28)27-26-16-18-6-4-5-7-21(18)33-34(29,30)20-11-9-19(25)10-12-20/h4-13,15-16H,3,14H2,1-2H3,(H,27,28)/b26-16+. The van der Waals surface area contributed by atoms with Crippen molar-refractivity contribution in [2.24, 2.45) is 5.10 Å². The third-order valence-electron chi connectivity index (χ3n) is 4.48. The monoisotopic (exact) mass is 502 g/mol. The van der Waals surface area contributed by atoms with Gasteiger partial charge in [0.05, 0.1) is 19.9 Å². The van der Waals surface area contributed by atoms with Gasteiger partial charge in [0.2, 0.25) is 0 Å². The molecule has 0 spiro atoms. The summed E-state index contributed by atoms with van der Waals surface area (Å²) in [6.07, 6.45) is 2.13. The molecule has 3 aromatic rings. The van der Waals surface area contributed by atoms with Gasteiger partial charge in [0.25, 0.3) is 5.91 Å². The van der Waals surface area contributed by atoms with Crippen molar-refractivity contribution in [1.82, 2.24) is 5.43 Å². The van der Waals surface area contributed by atoms with Crippen LogP contribution in [0.3, 0.4) is 0 Å². The molecule has 0 atom stereocenters. The van der Waals surface area contributed by atoms with Gasteiger partial charge in [-0.1, -0.05) is 30.7 Å². The quantitative estimate of drug-likeness (QED) is 0.245. The fourth-order valence-corrected chi connectivity index (χ4v) is 3.88. The molecule has 0 unspecified atom stereocenters. The maximum absolute atomic E-state index is 12.6. The Morgan fingerprint density at radius 3 is 2.47 bits per heavy atom. The highest BCUT2D eigenvalue weighted by Crippen LogP contribution is 2.28. The van der Waals surface area contributed by atoms with Crippen LogP contribution in [0.15, 0.2) is 76.7 Å². The Bertz CT molecular complexity index is 1280. The summed E-state index contributed by atoms with van der Waals surface area (Å²) in [6.45, 7) is 2.52. The van der Waals surface area contributed by atoms with E-state index in [0.29, 0.717) is 34.3 Å². The molecule has 0 aliphatic heterocycles. The third kappa shape index (κ3) is 6.49. The SMILES string of the molecule is CCCOc1ccc(C(=O)N/N=C/c2ccccc2OS(=O)(=O)c2ccc(Cl)cc2)cc1OC. The molecule has 0 radical (unpaired) electrons. The summed E-state index contributed by atoms with van der Waals surface area (Å²) in [4.78, 5) is 12.5. The number of rotatable bonds is 10. The summed E-state index contributed by atoms with van der Waals surface area (Å²) in [5.41, 5.74) is 3.06. The van der Waals surface area contributed by atoms with E-state index in [0.717, 1.165) is 6.42 Å². The zero-order valence-electron chi connectivity index (χ0n) is 18.5. The van der Waals surface area contributed by atoms with E-state index >= 15 is 0 Å². The fourth-order valence-electron chi connectivity index (χ4n) is 2.80. The first-order valence-corrected chi connectivity index (χ1v) is 12.1. The number of amides is 1. The first kappa shape index (κ1) is 25.1. The maximum Gasteiger partial charge on any atom is 0.339 e. The summed E-state index contributed by atoms with van der Waals surface area (Å²) in [6, 6.07) is 16.8. The molecule has 0 fully saturated rings. The van der Waals surface area contributed by atoms with E-state index in [1.165, 1.54) is 43.7 Å². The third-order valence-corrected chi connectivity index (χ3v) is 5.98. The van der Waals surface area contributed by atoms with Crippen LogP contribution in [0.5, 0.6) is 17.2 Å². The molecule has 0 heterocycles. The lowest BCUT2D eigenvalue weighted by atomic mass is 10.2. The van der Waals surface area contributed by atoms with Crippen LogP contribution in [0, 0.1) is 0 Å². The average molecular weight is 503 g/mol. The first-order valence-electron chi connectivity index (χ1n) is 10.3. The Morgan fingerprint density at radius 1 is 1.03 bits per heavy atom. The van der Waals surface area contributed by atoms with Crippen LogP contribution in [0.4, 0.5) is 0 Å². The van der Waals surface area contributed by atoms with Gasteiger partial charge >= 0.3 is 10.1 Å². The molecule has 0 saturated carbocycles. The van der Waals surface area contributed by atoms with Gasteiger partial charge in [-0.2, -0.15) is 13.5 Å². The zero-order valence-corrected chi connectivity index (χ0v) is 20.1. The summed E-state index contributed by atoms with van der Waals surface area (Å²) >= 11 is 5.82. The molecule has 3 rings (SSSR count). The molecule has 10 heteroatoms. The number of carbonyl (C=O) groups excluding carboxylic acids is 1. The van der Waals surface area contributed by atoms with Crippen LogP contribution in [0.2, 0.25) is 5.02 Å². The van der Waals surface area contributed by atoms with E-state index in [1.54, 1.807) is 36.4 Å². The smallest absolute Gasteiger partial charge is 0.339 e. The van der Waals surface area contributed by atoms with Crippen molar-refractivity contribution in [2.75, 3.05) is 13.7 Å². The Morgan fingerprint density at radius 2 is 1.76 bits per heavy atom. The Kier molecular flexibility index (Phi) is 8.50. The van der Waals surface area contributed by atoms with Gasteiger partial charge in [-0.3, -0.25) is 4.79 Å². The highest BCUT2D eigenvalue weighted by atomic mass is 35.5. The van der Waals surface area contributed by atoms with E-state index in [4.69, 9.17) is 25.3 Å². The van der Waals surface area contributed by atoms with E-state index in [-0.39, 0.29) is 10.6 Å². The number of ether oxygens (including phenoxy) is 2. The van der Waals surface area contributed by atoms with Crippen molar-refractivity contribution >= 4 is 33.8 Å². The van der Waals surface area contributed by atoms with Crippen LogP contribution in [0.25, 0.3) is 0 Å². The van der Waals surface area contributed by atoms with Crippen LogP contribution >= 0.6 is 11.6 Å². The number of nitrogens with zero attached hydrogens (tertiary/aromatic N) is 1. The molecular weight excluding hydrogens is 480 g/mol. The van der Waals surface area contributed by atoms with Gasteiger partial charge in [-0.25, -0.2) is 5.43 Å². The predicted octanol–water partition coefficient (Wildman–Crippen LogP) is 4.67. The molecule has 178 valence electrons. The number of methoxy groups -OCH3 is 1. The second-order valence-corrected chi connectivity index (χ2v) is 8.93. The minimum atomic E-state index is -4.09. The molecular formula is C24H23ClN2O6S. The molecule has 0 saturated heterocycles. The molecule has 0 aliphatic carbocycles. The van der Waals surface area contributed by atoms with Gasteiger partial charge in [-0.05, 0) is 61.0 Å². The highest BCUT2D eigenvalue weighted by Gasteiger charge is 2.18. The van der Waals surface area contributed by atoms with E-state index < -0.39 is 16.0 Å². The second-order valence-electron chi connectivity index (χ2n) is 6.94. The van der Waals surface area contributed by atoms with E-state index in [9.17, 15) is 13.2 Å². The number of nitrogens with one attached hydrogen (secondary N) is 1. The number of halogens is 1. The van der Waals surface area contributed by atoms with Gasteiger partial charge in [0.1, 0.15) is 4.90 Å². The van der Waals surface area contributed by atoms with Gasteiger partial charge in [0.15, 0.2) is 17.2 Å². The van der Waals surface area contributed by atoms with E-state index in [1.807, 2.05) is 6.92 Å². The Labute approximate surface area is 203 Å². The maximum atomic E-state index is 12.6. The average Bonchev–Trinajstić information content (AvgIpc) is 2.83. The number of benzene rings is 3. The summed E-state index contributed by atoms with van der Waals surface area (Å²) in [5.74, 6) is 0.534. The van der Waals surface area contributed by atoms with Crippen molar-refractivity contribution in [2.45, 2.75) is 18.2 Å². The van der Waals surface area contributed by atoms with Gasteiger partial charge < -0.3 is 13.7 Å². The van der Waals surface area contributed by atoms with Crippen molar-refractivity contribution < 1.29 is 26.9 Å². The number of hydrazone groups is 1. The van der Waals surface area contributed by atoms with Gasteiger partial charge in [0, 0.05) is 16.1 Å². The van der Waals surface area contributed by atoms with Crippen molar-refractivity contribution in [3.63, 3.8) is 0 Å². The van der Waals surface area contributed by atoms with Gasteiger partial charge in [-0.15, -0.1) is 0 Å². The Hall–Kier alpha value is -3.56. The molecule has 1 amide bonds. The molecule has 0 bridgehead atoms. The summed E-state index contributed by atoms with van der Waals surface area (Å²) in [7, 11) is -2.60. The number of carbonyl (C=O) groups is 1. The largest absolute Gasteiger partial charge is 0.493 e. The fraction of sp³-hybridized carbons (Fsp3) is 0.167. The van der Waals surface area contributed by atoms with Crippen molar-refractivity contribution in [3.8, 4) is 17.2 Å². The van der Waals surface area contributed by atoms with Crippen LogP contribution in [-0.4, -0.2) is 34.3 Å². The number of para-hydroxylation sites is 1. The van der Waals surface area contributed by atoms with Crippen LogP contribution in [-0.2, 0) is 10.1 Å². The molecule has 8 nitrogen and oxygen atoms in total. The molecule has 34 heavy (non-hydrogen) atoms. The van der Waals surface area contributed by atoms with Crippen molar-refractivity contribution in [3.05, 3.63) is 82.9 Å². The predicted molar refractivity (Wildman–Crippen MR) is 130 cm³/mol. The minimum absolute atomic E-state index is 0.0442. The molecule has 0 aromatic heterocycles. The van der Waals surface area contributed by atoms with E-state index in [2.05, 4.69) is 10.5 Å². The normalized spacial score (nSPS) is 11.3.